The molecule has 0 amide bonds. The summed E-state index contributed by atoms with van der Waals surface area (Å²) in [4.78, 5) is 0. The average Bonchev–Trinajstić information content (AvgIpc) is 2.06. The van der Waals surface area contributed by atoms with Crippen molar-refractivity contribution in [2.24, 2.45) is 0 Å². The van der Waals surface area contributed by atoms with Crippen molar-refractivity contribution in [3.63, 3.8) is 0 Å². The Hall–Kier alpha value is -0.363. The summed E-state index contributed by atoms with van der Waals surface area (Å²) in [5.41, 5.74) is 0. The van der Waals surface area contributed by atoms with Gasteiger partial charge in [-0.25, -0.2) is 0 Å². The molecule has 0 spiro atoms. The molecule has 0 saturated heterocycles. The first kappa shape index (κ1) is 12.6. The summed E-state index contributed by atoms with van der Waals surface area (Å²) < 4.78 is 21.2. The van der Waals surface area contributed by atoms with Crippen LogP contribution in [-0.2, 0) is 17.7 Å². The maximum atomic E-state index is 5.35. The lowest BCUT2D eigenvalue weighted by atomic mass is 10.9. The van der Waals surface area contributed by atoms with E-state index in [1.54, 1.807) is 0 Å². The maximum absolute atomic E-state index is 5.35. The Morgan fingerprint density at radius 2 is 1.38 bits per heavy atom. The predicted molar refractivity (Wildman–Crippen MR) is 51.9 cm³/mol. The molecule has 78 valence electrons. The van der Waals surface area contributed by atoms with Gasteiger partial charge in [0.2, 0.25) is 0 Å². The summed E-state index contributed by atoms with van der Waals surface area (Å²) in [5, 5.41) is 0. The summed E-state index contributed by atoms with van der Waals surface area (Å²) in [6, 6.07) is 0. The van der Waals surface area contributed by atoms with Crippen LogP contribution >= 0.6 is 0 Å². The van der Waals surface area contributed by atoms with E-state index in [1.165, 1.54) is 6.26 Å². The normalized spacial score (nSPS) is 11.3. The second-order valence-electron chi connectivity index (χ2n) is 2.08. The van der Waals surface area contributed by atoms with Crippen LogP contribution in [0.1, 0.15) is 20.8 Å². The third-order valence-corrected chi connectivity index (χ3v) is 3.57. The predicted octanol–water partition coefficient (Wildman–Crippen LogP) is 1.69. The van der Waals surface area contributed by atoms with E-state index in [2.05, 4.69) is 6.58 Å². The summed E-state index contributed by atoms with van der Waals surface area (Å²) in [7, 11) is -2.91. The summed E-state index contributed by atoms with van der Waals surface area (Å²) in [6.07, 6.45) is 1.30. The second-order valence-corrected chi connectivity index (χ2v) is 4.19. The average molecular weight is 206 g/mol. The highest BCUT2D eigenvalue weighted by molar-refractivity contribution is 6.53. The zero-order valence-electron chi connectivity index (χ0n) is 8.54. The molecule has 0 N–H and O–H groups in total. The van der Waals surface area contributed by atoms with Crippen LogP contribution in [0.2, 0.25) is 0 Å². The van der Waals surface area contributed by atoms with Crippen molar-refractivity contribution >= 4 is 9.05 Å². The lowest BCUT2D eigenvalue weighted by Gasteiger charge is -2.24. The standard InChI is InChI=1S/C8H18O4Si/c1-5-9-13(10-6-2,11-7-3)12-8-4/h5H,1,6-8H2,2-4H3. The third-order valence-electron chi connectivity index (χ3n) is 1.19. The van der Waals surface area contributed by atoms with Crippen molar-refractivity contribution in [1.82, 2.24) is 0 Å². The van der Waals surface area contributed by atoms with Gasteiger partial charge in [0, 0.05) is 19.8 Å². The molecule has 0 aromatic rings. The minimum absolute atomic E-state index is 0.500. The maximum Gasteiger partial charge on any atom is 0.749 e. The first-order valence-corrected chi connectivity index (χ1v) is 6.08. The first-order chi connectivity index (χ1) is 6.24. The van der Waals surface area contributed by atoms with Crippen LogP contribution in [0.15, 0.2) is 12.8 Å². The number of hydrogen-bond donors (Lipinski definition) is 0. The summed E-state index contributed by atoms with van der Waals surface area (Å²) in [5.74, 6) is 0. The van der Waals surface area contributed by atoms with Gasteiger partial charge in [-0.2, -0.15) is 0 Å². The number of rotatable bonds is 8. The van der Waals surface area contributed by atoms with E-state index in [9.17, 15) is 0 Å². The molecule has 13 heavy (non-hydrogen) atoms. The SMILES string of the molecule is C=CO[Si](OCC)(OCC)OCC. The van der Waals surface area contributed by atoms with Gasteiger partial charge in [-0.15, -0.1) is 0 Å². The Morgan fingerprint density at radius 3 is 1.62 bits per heavy atom. The Bertz CT molecular complexity index is 123. The monoisotopic (exact) mass is 206 g/mol. The second kappa shape index (κ2) is 7.08. The van der Waals surface area contributed by atoms with Crippen molar-refractivity contribution in [3.05, 3.63) is 12.8 Å². The highest BCUT2D eigenvalue weighted by atomic mass is 28.4. The fraction of sp³-hybridized carbons (Fsp3) is 0.750. The van der Waals surface area contributed by atoms with Crippen LogP contribution in [0.25, 0.3) is 0 Å². The third kappa shape index (κ3) is 4.42. The van der Waals surface area contributed by atoms with Gasteiger partial charge in [0.15, 0.2) is 0 Å². The van der Waals surface area contributed by atoms with Gasteiger partial charge in [0.05, 0.1) is 6.26 Å². The molecule has 0 radical (unpaired) electrons. The molecule has 0 atom stereocenters. The van der Waals surface area contributed by atoms with Crippen LogP contribution in [0, 0.1) is 0 Å². The molecule has 0 aliphatic carbocycles. The fourth-order valence-corrected chi connectivity index (χ4v) is 2.58. The Labute approximate surface area is 80.9 Å². The molecule has 0 heterocycles. The lowest BCUT2D eigenvalue weighted by molar-refractivity contribution is -0.00363. The minimum Gasteiger partial charge on any atom is -0.487 e. The van der Waals surface area contributed by atoms with Crippen molar-refractivity contribution in [3.8, 4) is 0 Å². The van der Waals surface area contributed by atoms with E-state index in [4.69, 9.17) is 17.7 Å². The fourth-order valence-electron chi connectivity index (χ4n) is 0.859. The van der Waals surface area contributed by atoms with Crippen LogP contribution in [0.4, 0.5) is 0 Å². The molecule has 0 aromatic carbocycles. The largest absolute Gasteiger partial charge is 0.749 e. The molecule has 0 fully saturated rings. The van der Waals surface area contributed by atoms with Gasteiger partial charge in [-0.3, -0.25) is 0 Å². The number of hydrogen-bond acceptors (Lipinski definition) is 4. The van der Waals surface area contributed by atoms with Gasteiger partial charge in [0.25, 0.3) is 0 Å². The molecule has 0 aliphatic rings. The lowest BCUT2D eigenvalue weighted by Crippen LogP contribution is -2.48. The molecular weight excluding hydrogens is 188 g/mol. The molecule has 5 heteroatoms. The summed E-state index contributed by atoms with van der Waals surface area (Å²) >= 11 is 0. The van der Waals surface area contributed by atoms with E-state index in [0.717, 1.165) is 0 Å². The van der Waals surface area contributed by atoms with Crippen molar-refractivity contribution in [2.75, 3.05) is 19.8 Å². The molecule has 0 bridgehead atoms. The summed E-state index contributed by atoms with van der Waals surface area (Å²) in [6.45, 7) is 10.6. The van der Waals surface area contributed by atoms with Crippen molar-refractivity contribution in [1.29, 1.82) is 0 Å². The van der Waals surface area contributed by atoms with E-state index >= 15 is 0 Å². The Morgan fingerprint density at radius 1 is 1.00 bits per heavy atom. The van der Waals surface area contributed by atoms with Gasteiger partial charge in [0.1, 0.15) is 0 Å². The molecule has 0 aliphatic heterocycles. The first-order valence-electron chi connectivity index (χ1n) is 4.45. The molecule has 0 aromatic heterocycles. The van der Waals surface area contributed by atoms with Crippen molar-refractivity contribution in [2.45, 2.75) is 20.8 Å². The van der Waals surface area contributed by atoms with Crippen LogP contribution in [0.5, 0.6) is 0 Å². The molecule has 0 rings (SSSR count). The highest BCUT2D eigenvalue weighted by Gasteiger charge is 2.46. The molecular formula is C8H18O4Si. The van der Waals surface area contributed by atoms with Gasteiger partial charge < -0.3 is 17.7 Å². The highest BCUT2D eigenvalue weighted by Crippen LogP contribution is 2.11. The van der Waals surface area contributed by atoms with Crippen LogP contribution in [-0.4, -0.2) is 28.9 Å². The quantitative estimate of drug-likeness (QED) is 0.447. The topological polar surface area (TPSA) is 36.9 Å². The zero-order valence-corrected chi connectivity index (χ0v) is 9.54. The molecule has 0 unspecified atom stereocenters. The minimum atomic E-state index is -2.91. The molecule has 0 saturated carbocycles. The van der Waals surface area contributed by atoms with Gasteiger partial charge in [-0.05, 0) is 20.8 Å². The van der Waals surface area contributed by atoms with E-state index in [1.807, 2.05) is 20.8 Å². The molecule has 4 nitrogen and oxygen atoms in total. The van der Waals surface area contributed by atoms with Gasteiger partial charge in [-0.1, -0.05) is 6.58 Å². The van der Waals surface area contributed by atoms with E-state index in [0.29, 0.717) is 19.8 Å². The van der Waals surface area contributed by atoms with Gasteiger partial charge >= 0.3 is 9.05 Å². The van der Waals surface area contributed by atoms with E-state index in [-0.39, 0.29) is 0 Å². The zero-order chi connectivity index (χ0) is 10.2. The van der Waals surface area contributed by atoms with Crippen LogP contribution < -0.4 is 0 Å². The Balaban J connectivity index is 4.27. The Kier molecular flexibility index (Phi) is 6.88. The smallest absolute Gasteiger partial charge is 0.487 e. The van der Waals surface area contributed by atoms with Crippen molar-refractivity contribution < 1.29 is 17.7 Å². The van der Waals surface area contributed by atoms with Crippen LogP contribution in [0.3, 0.4) is 0 Å². The van der Waals surface area contributed by atoms with E-state index < -0.39 is 9.05 Å².